The quantitative estimate of drug-likeness (QED) is 0.620. The second-order valence-corrected chi connectivity index (χ2v) is 5.47. The minimum atomic E-state index is 0.0474. The van der Waals surface area contributed by atoms with Crippen molar-refractivity contribution < 1.29 is 5.11 Å². The smallest absolute Gasteiger partial charge is 0.173 e. The van der Waals surface area contributed by atoms with Gasteiger partial charge in [-0.3, -0.25) is 4.98 Å². The predicted molar refractivity (Wildman–Crippen MR) is 87.8 cm³/mol. The topological polar surface area (TPSA) is 87.4 Å². The van der Waals surface area contributed by atoms with Gasteiger partial charge in [-0.1, -0.05) is 6.07 Å². The van der Waals surface area contributed by atoms with E-state index >= 15 is 0 Å². The van der Waals surface area contributed by atoms with Crippen molar-refractivity contribution in [3.63, 3.8) is 0 Å². The van der Waals surface area contributed by atoms with Crippen LogP contribution in [0.15, 0.2) is 41.3 Å². The van der Waals surface area contributed by atoms with Gasteiger partial charge in [-0.25, -0.2) is 4.98 Å². The summed E-state index contributed by atoms with van der Waals surface area (Å²) in [5, 5.41) is 19.6. The van der Waals surface area contributed by atoms with Crippen molar-refractivity contribution in [3.8, 4) is 0 Å². The first-order valence-corrected chi connectivity index (χ1v) is 7.59. The van der Waals surface area contributed by atoms with Gasteiger partial charge in [0.2, 0.25) is 0 Å². The molecule has 3 heterocycles. The monoisotopic (exact) mass is 362 g/mol. The molecule has 0 aliphatic carbocycles. The molecule has 3 rings (SSSR count). The molecule has 22 heavy (non-hydrogen) atoms. The lowest BCUT2D eigenvalue weighted by Crippen LogP contribution is -2.11. The number of fused-ring (bicyclic) bond motifs is 1. The van der Waals surface area contributed by atoms with Gasteiger partial charge in [0.15, 0.2) is 5.65 Å². The molecule has 3 aromatic rings. The summed E-state index contributed by atoms with van der Waals surface area (Å²) >= 11 is 3.44. The third-order valence-electron chi connectivity index (χ3n) is 3.04. The zero-order chi connectivity index (χ0) is 15.4. The molecule has 0 saturated carbocycles. The van der Waals surface area contributed by atoms with Gasteiger partial charge in [-0.05, 0) is 27.6 Å². The fourth-order valence-corrected chi connectivity index (χ4v) is 2.38. The Labute approximate surface area is 135 Å². The molecule has 114 valence electrons. The third-order valence-corrected chi connectivity index (χ3v) is 3.60. The summed E-state index contributed by atoms with van der Waals surface area (Å²) in [6.45, 7) is 1.12. The van der Waals surface area contributed by atoms with Crippen LogP contribution < -0.4 is 10.6 Å². The van der Waals surface area contributed by atoms with Crippen molar-refractivity contribution in [2.24, 2.45) is 0 Å². The molecule has 0 aliphatic rings. The number of aromatic nitrogens is 4. The number of pyridine rings is 1. The van der Waals surface area contributed by atoms with E-state index in [0.717, 1.165) is 15.9 Å². The number of hydrogen-bond acceptors (Lipinski definition) is 6. The Balaban J connectivity index is 1.89. The number of rotatable bonds is 6. The Bertz CT molecular complexity index is 761. The second kappa shape index (κ2) is 6.71. The minimum Gasteiger partial charge on any atom is -0.395 e. The van der Waals surface area contributed by atoms with Crippen LogP contribution in [0.3, 0.4) is 0 Å². The van der Waals surface area contributed by atoms with Gasteiger partial charge in [-0.15, -0.1) is 0 Å². The average molecular weight is 363 g/mol. The van der Waals surface area contributed by atoms with Crippen molar-refractivity contribution in [1.82, 2.24) is 19.6 Å². The van der Waals surface area contributed by atoms with Gasteiger partial charge >= 0.3 is 0 Å². The molecule has 3 N–H and O–H groups in total. The summed E-state index contributed by atoms with van der Waals surface area (Å²) < 4.78 is 2.54. The van der Waals surface area contributed by atoms with Crippen LogP contribution in [-0.4, -0.2) is 37.8 Å². The highest BCUT2D eigenvalue weighted by molar-refractivity contribution is 9.10. The van der Waals surface area contributed by atoms with Crippen molar-refractivity contribution >= 4 is 33.2 Å². The SMILES string of the molecule is OCCNc1cc(NCc2cccnc2)n2ncc(Br)c2n1. The Morgan fingerprint density at radius 3 is 2.95 bits per heavy atom. The van der Waals surface area contributed by atoms with Gasteiger partial charge in [0.05, 0.1) is 17.3 Å². The summed E-state index contributed by atoms with van der Waals surface area (Å²) in [6, 6.07) is 5.76. The second-order valence-electron chi connectivity index (χ2n) is 4.62. The lowest BCUT2D eigenvalue weighted by atomic mass is 10.3. The van der Waals surface area contributed by atoms with Crippen LogP contribution in [0, 0.1) is 0 Å². The molecule has 0 aliphatic heterocycles. The number of anilines is 2. The van der Waals surface area contributed by atoms with E-state index in [9.17, 15) is 0 Å². The van der Waals surface area contributed by atoms with Gasteiger partial charge < -0.3 is 15.7 Å². The van der Waals surface area contributed by atoms with Crippen LogP contribution in [0.5, 0.6) is 0 Å². The van der Waals surface area contributed by atoms with Crippen LogP contribution in [-0.2, 0) is 6.54 Å². The van der Waals surface area contributed by atoms with E-state index < -0.39 is 0 Å². The summed E-state index contributed by atoms with van der Waals surface area (Å²) in [4.78, 5) is 8.57. The summed E-state index contributed by atoms with van der Waals surface area (Å²) in [7, 11) is 0. The molecule has 0 saturated heterocycles. The van der Waals surface area contributed by atoms with Gasteiger partial charge in [-0.2, -0.15) is 9.61 Å². The maximum atomic E-state index is 8.94. The molecule has 0 radical (unpaired) electrons. The average Bonchev–Trinajstić information content (AvgIpc) is 2.93. The first-order valence-electron chi connectivity index (χ1n) is 6.79. The number of aliphatic hydroxyl groups excluding tert-OH is 1. The molecule has 0 unspecified atom stereocenters. The molecule has 0 bridgehead atoms. The molecular weight excluding hydrogens is 348 g/mol. The normalized spacial score (nSPS) is 10.8. The minimum absolute atomic E-state index is 0.0474. The highest BCUT2D eigenvalue weighted by Gasteiger charge is 2.10. The van der Waals surface area contributed by atoms with E-state index in [4.69, 9.17) is 5.11 Å². The summed E-state index contributed by atoms with van der Waals surface area (Å²) in [6.07, 6.45) is 5.26. The molecule has 0 amide bonds. The van der Waals surface area contributed by atoms with Gasteiger partial charge in [0, 0.05) is 31.5 Å². The van der Waals surface area contributed by atoms with E-state index in [-0.39, 0.29) is 6.61 Å². The Morgan fingerprint density at radius 1 is 1.27 bits per heavy atom. The predicted octanol–water partition coefficient (Wildman–Crippen LogP) is 1.90. The highest BCUT2D eigenvalue weighted by atomic mass is 79.9. The number of hydrogen-bond donors (Lipinski definition) is 3. The van der Waals surface area contributed by atoms with E-state index in [1.165, 1.54) is 0 Å². The maximum Gasteiger partial charge on any atom is 0.173 e. The molecule has 7 nitrogen and oxygen atoms in total. The summed E-state index contributed by atoms with van der Waals surface area (Å²) in [5.41, 5.74) is 1.78. The first-order chi connectivity index (χ1) is 10.8. The Hall–Kier alpha value is -2.19. The van der Waals surface area contributed by atoms with Crippen LogP contribution in [0.4, 0.5) is 11.6 Å². The van der Waals surface area contributed by atoms with Crippen LogP contribution in [0.1, 0.15) is 5.56 Å². The maximum absolute atomic E-state index is 8.94. The van der Waals surface area contributed by atoms with Gasteiger partial charge in [0.1, 0.15) is 11.6 Å². The number of aliphatic hydroxyl groups is 1. The highest BCUT2D eigenvalue weighted by Crippen LogP contribution is 2.22. The van der Waals surface area contributed by atoms with E-state index in [0.29, 0.717) is 24.6 Å². The molecule has 3 aromatic heterocycles. The van der Waals surface area contributed by atoms with E-state index in [1.807, 2.05) is 24.4 Å². The van der Waals surface area contributed by atoms with Crippen LogP contribution in [0.2, 0.25) is 0 Å². The molecule has 0 fully saturated rings. The van der Waals surface area contributed by atoms with Crippen molar-refractivity contribution in [1.29, 1.82) is 0 Å². The zero-order valence-electron chi connectivity index (χ0n) is 11.7. The van der Waals surface area contributed by atoms with Crippen LogP contribution >= 0.6 is 15.9 Å². The molecule has 0 aromatic carbocycles. The van der Waals surface area contributed by atoms with Gasteiger partial charge in [0.25, 0.3) is 0 Å². The largest absolute Gasteiger partial charge is 0.395 e. The number of nitrogens with zero attached hydrogens (tertiary/aromatic N) is 4. The molecule has 0 atom stereocenters. The fraction of sp³-hybridized carbons (Fsp3) is 0.214. The summed E-state index contributed by atoms with van der Waals surface area (Å²) in [5.74, 6) is 1.48. The third kappa shape index (κ3) is 3.18. The Kier molecular flexibility index (Phi) is 4.50. The molecule has 8 heteroatoms. The van der Waals surface area contributed by atoms with Crippen molar-refractivity contribution in [3.05, 3.63) is 46.8 Å². The molecule has 0 spiro atoms. The standard InChI is InChI=1S/C14H15BrN6O/c15-11-9-19-21-13(18-8-10-2-1-3-16-7-10)6-12(17-4-5-22)20-14(11)21/h1-3,6-7,9,18,22H,4-5,8H2,(H,17,20). The lowest BCUT2D eigenvalue weighted by molar-refractivity contribution is 0.311. The van der Waals surface area contributed by atoms with E-state index in [2.05, 4.69) is 41.6 Å². The van der Waals surface area contributed by atoms with Crippen molar-refractivity contribution in [2.45, 2.75) is 6.54 Å². The lowest BCUT2D eigenvalue weighted by Gasteiger charge is -2.11. The van der Waals surface area contributed by atoms with Crippen LogP contribution in [0.25, 0.3) is 5.65 Å². The first kappa shape index (κ1) is 14.7. The number of halogens is 1. The molecular formula is C14H15BrN6O. The zero-order valence-corrected chi connectivity index (χ0v) is 13.3. The van der Waals surface area contributed by atoms with Crippen molar-refractivity contribution in [2.75, 3.05) is 23.8 Å². The van der Waals surface area contributed by atoms with E-state index in [1.54, 1.807) is 16.9 Å². The number of nitrogens with one attached hydrogen (secondary N) is 2. The Morgan fingerprint density at radius 2 is 2.18 bits per heavy atom. The fourth-order valence-electron chi connectivity index (χ4n) is 2.03.